The molecule has 0 radical (unpaired) electrons. The fourth-order valence-electron chi connectivity index (χ4n) is 0.472. The molecule has 0 aromatic rings. The molecule has 0 aromatic carbocycles. The van der Waals surface area contributed by atoms with Crippen molar-refractivity contribution in [1.29, 1.82) is 0 Å². The molecule has 50 valence electrons. The van der Waals surface area contributed by atoms with Gasteiger partial charge in [0.25, 0.3) is 0 Å². The van der Waals surface area contributed by atoms with Crippen LogP contribution < -0.4 is 0 Å². The second-order valence-electron chi connectivity index (χ2n) is 1.51. The summed E-state index contributed by atoms with van der Waals surface area (Å²) in [6.45, 7) is 5.61. The van der Waals surface area contributed by atoms with Crippen molar-refractivity contribution in [2.75, 3.05) is 6.26 Å². The number of hydrogen-bond acceptors (Lipinski definition) is 1. The predicted molar refractivity (Wildman–Crippen MR) is 46.6 cm³/mol. The fraction of sp³-hybridized carbons (Fsp3) is 0.250. The molecule has 9 heavy (non-hydrogen) atoms. The maximum absolute atomic E-state index is 3.61. The lowest BCUT2D eigenvalue weighted by atomic mass is 10.4. The Balaban J connectivity index is 3.96. The number of rotatable bonds is 3. The van der Waals surface area contributed by atoms with Crippen LogP contribution in [0.4, 0.5) is 0 Å². The van der Waals surface area contributed by atoms with Gasteiger partial charge in [0.1, 0.15) is 0 Å². The molecule has 0 amide bonds. The first-order chi connectivity index (χ1) is 4.35. The summed E-state index contributed by atoms with van der Waals surface area (Å²) in [5.41, 5.74) is 0. The largest absolute Gasteiger partial charge is 0.130 e. The van der Waals surface area contributed by atoms with E-state index in [-0.39, 0.29) is 0 Å². The van der Waals surface area contributed by atoms with Gasteiger partial charge in [-0.15, -0.1) is 11.8 Å². The first-order valence-electron chi connectivity index (χ1n) is 2.84. The van der Waals surface area contributed by atoms with Crippen LogP contribution in [0.25, 0.3) is 0 Å². The van der Waals surface area contributed by atoms with Crippen LogP contribution in [0.5, 0.6) is 0 Å². The molecule has 0 aliphatic rings. The van der Waals surface area contributed by atoms with Gasteiger partial charge >= 0.3 is 0 Å². The molecule has 0 N–H and O–H groups in total. The third-order valence-corrected chi connectivity index (χ3v) is 1.59. The maximum atomic E-state index is 3.61. The summed E-state index contributed by atoms with van der Waals surface area (Å²) in [5, 5.41) is 0. The molecule has 0 heterocycles. The molecule has 0 aliphatic carbocycles. The zero-order valence-corrected chi connectivity index (χ0v) is 6.74. The summed E-state index contributed by atoms with van der Waals surface area (Å²) >= 11 is 1.72. The van der Waals surface area contributed by atoms with E-state index < -0.39 is 0 Å². The van der Waals surface area contributed by atoms with Gasteiger partial charge in [0.05, 0.1) is 0 Å². The third-order valence-electron chi connectivity index (χ3n) is 0.849. The Kier molecular flexibility index (Phi) is 5.43. The van der Waals surface area contributed by atoms with Gasteiger partial charge in [-0.2, -0.15) is 0 Å². The van der Waals surface area contributed by atoms with E-state index in [4.69, 9.17) is 0 Å². The molecule has 1 heteroatoms. The lowest BCUT2D eigenvalue weighted by molar-refractivity contribution is 1.71. The molecule has 0 nitrogen and oxygen atoms in total. The first kappa shape index (κ1) is 8.57. The van der Waals surface area contributed by atoms with Crippen molar-refractivity contribution in [1.82, 2.24) is 0 Å². The third kappa shape index (κ3) is 4.10. The van der Waals surface area contributed by atoms with Gasteiger partial charge in [-0.3, -0.25) is 0 Å². The first-order valence-corrected chi connectivity index (χ1v) is 4.07. The summed E-state index contributed by atoms with van der Waals surface area (Å²) in [4.78, 5) is 1.24. The molecule has 0 aliphatic heterocycles. The van der Waals surface area contributed by atoms with Crippen molar-refractivity contribution in [2.45, 2.75) is 6.92 Å². The Morgan fingerprint density at radius 1 is 1.56 bits per heavy atom. The Bertz CT molecular complexity index is 132. The van der Waals surface area contributed by atoms with Crippen molar-refractivity contribution in [2.24, 2.45) is 0 Å². The van der Waals surface area contributed by atoms with Crippen LogP contribution in [0.1, 0.15) is 6.92 Å². The highest BCUT2D eigenvalue weighted by Crippen LogP contribution is 2.11. The van der Waals surface area contributed by atoms with Crippen molar-refractivity contribution >= 4 is 11.8 Å². The van der Waals surface area contributed by atoms with Crippen LogP contribution in [0.15, 0.2) is 35.8 Å². The highest BCUT2D eigenvalue weighted by atomic mass is 32.2. The normalized spacial score (nSPS) is 12.4. The minimum absolute atomic E-state index is 1.24. The van der Waals surface area contributed by atoms with E-state index >= 15 is 0 Å². The van der Waals surface area contributed by atoms with E-state index in [0.717, 1.165) is 0 Å². The highest BCUT2D eigenvalue weighted by molar-refractivity contribution is 8.02. The lowest BCUT2D eigenvalue weighted by Crippen LogP contribution is -1.64. The Morgan fingerprint density at radius 2 is 2.22 bits per heavy atom. The van der Waals surface area contributed by atoms with Gasteiger partial charge in [0.2, 0.25) is 0 Å². The second-order valence-corrected chi connectivity index (χ2v) is 2.39. The Hall–Kier alpha value is -0.430. The van der Waals surface area contributed by atoms with E-state index in [2.05, 4.69) is 18.9 Å². The summed E-state index contributed by atoms with van der Waals surface area (Å²) in [6.07, 6.45) is 9.92. The average Bonchev–Trinajstić information content (AvgIpc) is 1.88. The molecule has 0 saturated carbocycles. The van der Waals surface area contributed by atoms with Crippen molar-refractivity contribution in [3.63, 3.8) is 0 Å². The van der Waals surface area contributed by atoms with Gasteiger partial charge in [-0.05, 0) is 19.3 Å². The van der Waals surface area contributed by atoms with Crippen molar-refractivity contribution in [3.05, 3.63) is 35.8 Å². The quantitative estimate of drug-likeness (QED) is 0.543. The molecule has 0 fully saturated rings. The minimum atomic E-state index is 1.24. The molecule has 0 saturated heterocycles. The molecular weight excluding hydrogens is 128 g/mol. The molecule has 0 rings (SSSR count). The van der Waals surface area contributed by atoms with E-state index in [9.17, 15) is 0 Å². The summed E-state index contributed by atoms with van der Waals surface area (Å²) in [6, 6.07) is 0. The van der Waals surface area contributed by atoms with Crippen LogP contribution in [-0.4, -0.2) is 6.26 Å². The van der Waals surface area contributed by atoms with Crippen LogP contribution in [0.3, 0.4) is 0 Å². The van der Waals surface area contributed by atoms with Gasteiger partial charge in [0.15, 0.2) is 0 Å². The number of thioether (sulfide) groups is 1. The molecular formula is C8H12S. The standard InChI is InChI=1S/C8H12S/c1-4-6-8(9-3)7-5-2/h4-7H,1H2,2-3H3/b7-5-,8-6+. The van der Waals surface area contributed by atoms with Crippen LogP contribution in [0.2, 0.25) is 0 Å². The second kappa shape index (κ2) is 5.70. The monoisotopic (exact) mass is 140 g/mol. The highest BCUT2D eigenvalue weighted by Gasteiger charge is 1.81. The van der Waals surface area contributed by atoms with Crippen LogP contribution in [0, 0.1) is 0 Å². The lowest BCUT2D eigenvalue weighted by Gasteiger charge is -1.90. The predicted octanol–water partition coefficient (Wildman–Crippen LogP) is 3.00. The van der Waals surface area contributed by atoms with Gasteiger partial charge in [-0.25, -0.2) is 0 Å². The van der Waals surface area contributed by atoms with E-state index in [1.54, 1.807) is 17.8 Å². The molecule has 0 atom stereocenters. The van der Waals surface area contributed by atoms with Gasteiger partial charge in [0, 0.05) is 4.91 Å². The van der Waals surface area contributed by atoms with E-state index in [1.807, 2.05) is 19.1 Å². The van der Waals surface area contributed by atoms with E-state index in [1.165, 1.54) is 4.91 Å². The summed E-state index contributed by atoms with van der Waals surface area (Å²) in [5.74, 6) is 0. The van der Waals surface area contributed by atoms with Gasteiger partial charge < -0.3 is 0 Å². The minimum Gasteiger partial charge on any atom is -0.130 e. The molecule has 0 spiro atoms. The average molecular weight is 140 g/mol. The summed E-state index contributed by atoms with van der Waals surface area (Å²) in [7, 11) is 0. The van der Waals surface area contributed by atoms with Gasteiger partial charge in [-0.1, -0.05) is 24.8 Å². The molecule has 0 bridgehead atoms. The smallest absolute Gasteiger partial charge is 0.00656 e. The SMILES string of the molecule is C=C/C=C(\C=C/C)SC. The Labute approximate surface area is 61.3 Å². The van der Waals surface area contributed by atoms with Crippen molar-refractivity contribution in [3.8, 4) is 0 Å². The maximum Gasteiger partial charge on any atom is 0.00656 e. The topological polar surface area (TPSA) is 0 Å². The van der Waals surface area contributed by atoms with Crippen LogP contribution >= 0.6 is 11.8 Å². The molecule has 0 unspecified atom stereocenters. The Morgan fingerprint density at radius 3 is 2.56 bits per heavy atom. The summed E-state index contributed by atoms with van der Waals surface area (Å²) < 4.78 is 0. The van der Waals surface area contributed by atoms with Crippen molar-refractivity contribution < 1.29 is 0 Å². The fourth-order valence-corrected chi connectivity index (χ4v) is 0.977. The zero-order chi connectivity index (χ0) is 7.11. The number of allylic oxidation sites excluding steroid dienone is 4. The number of hydrogen-bond donors (Lipinski definition) is 0. The zero-order valence-electron chi connectivity index (χ0n) is 5.92. The van der Waals surface area contributed by atoms with Crippen LogP contribution in [-0.2, 0) is 0 Å². The van der Waals surface area contributed by atoms with E-state index in [0.29, 0.717) is 0 Å². The molecule has 0 aromatic heterocycles.